The maximum Gasteiger partial charge on any atom is 0.246 e. The van der Waals surface area contributed by atoms with Crippen LogP contribution in [0, 0.1) is 0 Å². The number of rotatable bonds is 6. The molecule has 0 spiro atoms. The molecule has 0 saturated heterocycles. The fourth-order valence-corrected chi connectivity index (χ4v) is 2.61. The number of imidazole rings is 1. The molecule has 0 aliphatic heterocycles. The molecule has 0 unspecified atom stereocenters. The normalized spacial score (nSPS) is 10.6. The Kier molecular flexibility index (Phi) is 5.39. The van der Waals surface area contributed by atoms with Crippen molar-refractivity contribution in [2.45, 2.75) is 13.5 Å². The van der Waals surface area contributed by atoms with Crippen molar-refractivity contribution >= 4 is 34.4 Å². The molecule has 122 valence electrons. The standard InChI is InChI=1S/C16H19ClN4O2/c1-4-15(23)21(5-2)10-14(22)18-9-13-19-12-8-6-7-11(17)16(12)20(13)3/h4,6-8H,1,5,9-10H2,2-3H3,(H,18,22). The minimum atomic E-state index is -0.267. The second kappa shape index (κ2) is 7.28. The van der Waals surface area contributed by atoms with Crippen LogP contribution < -0.4 is 5.32 Å². The van der Waals surface area contributed by atoms with Crippen LogP contribution in [0.2, 0.25) is 5.02 Å². The van der Waals surface area contributed by atoms with Crippen molar-refractivity contribution in [1.29, 1.82) is 0 Å². The molecule has 1 aromatic carbocycles. The van der Waals surface area contributed by atoms with Crippen LogP contribution in [0.25, 0.3) is 11.0 Å². The lowest BCUT2D eigenvalue weighted by Gasteiger charge is -2.18. The number of carbonyl (C=O) groups excluding carboxylic acids is 2. The van der Waals surface area contributed by atoms with Gasteiger partial charge in [-0.25, -0.2) is 4.98 Å². The maximum atomic E-state index is 12.0. The molecular weight excluding hydrogens is 316 g/mol. The molecule has 0 aliphatic rings. The number of aryl methyl sites for hydroxylation is 1. The molecule has 2 aromatic rings. The third kappa shape index (κ3) is 3.71. The zero-order chi connectivity index (χ0) is 17.0. The lowest BCUT2D eigenvalue weighted by atomic mass is 10.3. The summed E-state index contributed by atoms with van der Waals surface area (Å²) in [4.78, 5) is 29.4. The Labute approximate surface area is 139 Å². The number of carbonyl (C=O) groups is 2. The summed E-state index contributed by atoms with van der Waals surface area (Å²) in [6, 6.07) is 5.50. The van der Waals surface area contributed by atoms with Crippen LogP contribution >= 0.6 is 11.6 Å². The molecule has 0 bridgehead atoms. The van der Waals surface area contributed by atoms with E-state index in [4.69, 9.17) is 11.6 Å². The molecule has 0 fully saturated rings. The Morgan fingerprint density at radius 3 is 2.83 bits per heavy atom. The predicted molar refractivity (Wildman–Crippen MR) is 90.0 cm³/mol. The van der Waals surface area contributed by atoms with E-state index in [1.807, 2.05) is 30.7 Å². The van der Waals surface area contributed by atoms with Gasteiger partial charge in [0.2, 0.25) is 11.8 Å². The minimum Gasteiger partial charge on any atom is -0.347 e. The van der Waals surface area contributed by atoms with Crippen LogP contribution in [-0.2, 0) is 23.2 Å². The fraction of sp³-hybridized carbons (Fsp3) is 0.312. The number of nitrogens with zero attached hydrogens (tertiary/aromatic N) is 3. The third-order valence-electron chi connectivity index (χ3n) is 3.58. The first-order valence-corrected chi connectivity index (χ1v) is 7.63. The van der Waals surface area contributed by atoms with Gasteiger partial charge in [-0.05, 0) is 25.1 Å². The monoisotopic (exact) mass is 334 g/mol. The van der Waals surface area contributed by atoms with Gasteiger partial charge < -0.3 is 14.8 Å². The van der Waals surface area contributed by atoms with E-state index in [9.17, 15) is 9.59 Å². The first kappa shape index (κ1) is 17.0. The highest BCUT2D eigenvalue weighted by atomic mass is 35.5. The largest absolute Gasteiger partial charge is 0.347 e. The quantitative estimate of drug-likeness (QED) is 0.820. The third-order valence-corrected chi connectivity index (χ3v) is 3.89. The second-order valence-electron chi connectivity index (χ2n) is 5.03. The predicted octanol–water partition coefficient (Wildman–Crippen LogP) is 1.88. The van der Waals surface area contributed by atoms with Gasteiger partial charge in [0.1, 0.15) is 5.82 Å². The van der Waals surface area contributed by atoms with E-state index in [1.54, 1.807) is 6.07 Å². The van der Waals surface area contributed by atoms with Crippen LogP contribution in [0.3, 0.4) is 0 Å². The summed E-state index contributed by atoms with van der Waals surface area (Å²) in [5.74, 6) is 0.178. The van der Waals surface area contributed by atoms with Crippen LogP contribution in [-0.4, -0.2) is 39.4 Å². The number of amides is 2. The van der Waals surface area contributed by atoms with E-state index in [2.05, 4.69) is 16.9 Å². The molecule has 2 amide bonds. The molecule has 0 atom stereocenters. The lowest BCUT2D eigenvalue weighted by Crippen LogP contribution is -2.39. The van der Waals surface area contributed by atoms with Gasteiger partial charge in [-0.1, -0.05) is 24.2 Å². The first-order chi connectivity index (χ1) is 11.0. The van der Waals surface area contributed by atoms with Gasteiger partial charge in [-0.3, -0.25) is 9.59 Å². The molecule has 0 radical (unpaired) electrons. The van der Waals surface area contributed by atoms with E-state index in [0.717, 1.165) is 11.0 Å². The molecular formula is C16H19ClN4O2. The second-order valence-corrected chi connectivity index (χ2v) is 5.44. The number of likely N-dealkylation sites (N-methyl/N-ethyl adjacent to an activating group) is 1. The summed E-state index contributed by atoms with van der Waals surface area (Å²) in [6.07, 6.45) is 1.20. The smallest absolute Gasteiger partial charge is 0.246 e. The highest BCUT2D eigenvalue weighted by molar-refractivity contribution is 6.35. The fourth-order valence-electron chi connectivity index (χ4n) is 2.31. The number of halogens is 1. The van der Waals surface area contributed by atoms with E-state index in [0.29, 0.717) is 17.4 Å². The molecule has 1 aromatic heterocycles. The average Bonchev–Trinajstić information content (AvgIpc) is 2.87. The van der Waals surface area contributed by atoms with Gasteiger partial charge in [-0.15, -0.1) is 0 Å². The summed E-state index contributed by atoms with van der Waals surface area (Å²) < 4.78 is 1.85. The Morgan fingerprint density at radius 1 is 1.48 bits per heavy atom. The summed E-state index contributed by atoms with van der Waals surface area (Å²) in [7, 11) is 1.85. The molecule has 7 heteroatoms. The zero-order valence-corrected chi connectivity index (χ0v) is 13.9. The molecule has 2 rings (SSSR count). The van der Waals surface area contributed by atoms with Crippen molar-refractivity contribution in [3.63, 3.8) is 0 Å². The number of hydrogen-bond acceptors (Lipinski definition) is 3. The zero-order valence-electron chi connectivity index (χ0n) is 13.2. The highest BCUT2D eigenvalue weighted by Crippen LogP contribution is 2.23. The van der Waals surface area contributed by atoms with Gasteiger partial charge in [0, 0.05) is 13.6 Å². The number of fused-ring (bicyclic) bond motifs is 1. The van der Waals surface area contributed by atoms with Crippen molar-refractivity contribution in [3.05, 3.63) is 41.7 Å². The summed E-state index contributed by atoms with van der Waals surface area (Å²) in [5, 5.41) is 3.39. The van der Waals surface area contributed by atoms with Crippen molar-refractivity contribution in [3.8, 4) is 0 Å². The Bertz CT molecular complexity index is 754. The van der Waals surface area contributed by atoms with E-state index < -0.39 is 0 Å². The molecule has 0 aliphatic carbocycles. The molecule has 1 heterocycles. The van der Waals surface area contributed by atoms with Crippen LogP contribution in [0.15, 0.2) is 30.9 Å². The highest BCUT2D eigenvalue weighted by Gasteiger charge is 2.14. The molecule has 1 N–H and O–H groups in total. The van der Waals surface area contributed by atoms with Gasteiger partial charge >= 0.3 is 0 Å². The minimum absolute atomic E-state index is 0.00788. The number of benzene rings is 1. The molecule has 23 heavy (non-hydrogen) atoms. The lowest BCUT2D eigenvalue weighted by molar-refractivity contribution is -0.132. The van der Waals surface area contributed by atoms with Crippen molar-refractivity contribution < 1.29 is 9.59 Å². The number of nitrogens with one attached hydrogen (secondary N) is 1. The summed E-state index contributed by atoms with van der Waals surface area (Å²) in [6.45, 7) is 5.93. The molecule has 6 nitrogen and oxygen atoms in total. The van der Waals surface area contributed by atoms with Crippen molar-refractivity contribution in [2.24, 2.45) is 7.05 Å². The van der Waals surface area contributed by atoms with Crippen molar-refractivity contribution in [2.75, 3.05) is 13.1 Å². The Hall–Kier alpha value is -2.34. The van der Waals surface area contributed by atoms with Gasteiger partial charge in [-0.2, -0.15) is 0 Å². The van der Waals surface area contributed by atoms with E-state index >= 15 is 0 Å². The summed E-state index contributed by atoms with van der Waals surface area (Å²) >= 11 is 6.18. The Morgan fingerprint density at radius 2 is 2.22 bits per heavy atom. The number of aromatic nitrogens is 2. The average molecular weight is 335 g/mol. The van der Waals surface area contributed by atoms with Crippen LogP contribution in [0.4, 0.5) is 0 Å². The van der Waals surface area contributed by atoms with E-state index in [-0.39, 0.29) is 24.9 Å². The summed E-state index contributed by atoms with van der Waals surface area (Å²) in [5.41, 5.74) is 1.61. The van der Waals surface area contributed by atoms with Gasteiger partial charge in [0.15, 0.2) is 0 Å². The van der Waals surface area contributed by atoms with Gasteiger partial charge in [0.05, 0.1) is 29.1 Å². The topological polar surface area (TPSA) is 67.2 Å². The molecule has 0 saturated carbocycles. The Balaban J connectivity index is 2.05. The van der Waals surface area contributed by atoms with Crippen molar-refractivity contribution in [1.82, 2.24) is 19.8 Å². The van der Waals surface area contributed by atoms with E-state index in [1.165, 1.54) is 11.0 Å². The van der Waals surface area contributed by atoms with Crippen LogP contribution in [0.1, 0.15) is 12.7 Å². The van der Waals surface area contributed by atoms with Gasteiger partial charge in [0.25, 0.3) is 0 Å². The van der Waals surface area contributed by atoms with Crippen LogP contribution in [0.5, 0.6) is 0 Å². The first-order valence-electron chi connectivity index (χ1n) is 7.25. The SMILES string of the molecule is C=CC(=O)N(CC)CC(=O)NCc1nc2cccc(Cl)c2n1C. The maximum absolute atomic E-state index is 12.0. The number of para-hydroxylation sites is 1. The number of hydrogen-bond donors (Lipinski definition) is 1.